The Balaban J connectivity index is 1.48. The molecule has 0 saturated carbocycles. The van der Waals surface area contributed by atoms with Crippen molar-refractivity contribution in [1.82, 2.24) is 14.8 Å². The Kier molecular flexibility index (Phi) is 10.2. The molecule has 0 aliphatic carbocycles. The first-order valence-corrected chi connectivity index (χ1v) is 14.0. The van der Waals surface area contributed by atoms with Gasteiger partial charge >= 0.3 is 0 Å². The lowest BCUT2D eigenvalue weighted by Crippen LogP contribution is -2.45. The standard InChI is InChI=1S/C33H40N4O3/c1-4-5-20-36(33(39)25-40-29-11-7-6-8-12-29)24-32(38)37(23-26-15-17-28(18-16-26)35(2)3)21-19-27-22-34-31-14-10-9-13-30(27)31/h6-18,22,34H,4-5,19-21,23-25H2,1-3H3. The highest BCUT2D eigenvalue weighted by molar-refractivity contribution is 5.86. The normalized spacial score (nSPS) is 10.9. The number of aromatic amines is 1. The lowest BCUT2D eigenvalue weighted by molar-refractivity contribution is -0.142. The molecule has 4 aromatic rings. The van der Waals surface area contributed by atoms with Gasteiger partial charge in [0.1, 0.15) is 5.75 Å². The molecule has 2 amide bonds. The molecule has 7 heteroatoms. The number of nitrogens with one attached hydrogen (secondary N) is 1. The van der Waals surface area contributed by atoms with Gasteiger partial charge in [-0.05, 0) is 54.3 Å². The molecular formula is C33H40N4O3. The van der Waals surface area contributed by atoms with Gasteiger partial charge in [0.2, 0.25) is 5.91 Å². The fourth-order valence-electron chi connectivity index (χ4n) is 4.66. The number of anilines is 1. The van der Waals surface area contributed by atoms with Crippen molar-refractivity contribution in [3.8, 4) is 5.75 Å². The number of H-pyrrole nitrogens is 1. The molecule has 1 N–H and O–H groups in total. The van der Waals surface area contributed by atoms with Gasteiger partial charge < -0.3 is 24.4 Å². The number of benzene rings is 3. The number of para-hydroxylation sites is 2. The zero-order valence-electron chi connectivity index (χ0n) is 23.8. The predicted octanol–water partition coefficient (Wildman–Crippen LogP) is 5.51. The van der Waals surface area contributed by atoms with E-state index in [9.17, 15) is 9.59 Å². The number of rotatable bonds is 14. The molecular weight excluding hydrogens is 500 g/mol. The summed E-state index contributed by atoms with van der Waals surface area (Å²) in [6.45, 7) is 3.56. The molecule has 0 spiro atoms. The molecule has 1 heterocycles. The summed E-state index contributed by atoms with van der Waals surface area (Å²) in [6, 6.07) is 25.8. The number of carbonyl (C=O) groups excluding carboxylic acids is 2. The molecule has 40 heavy (non-hydrogen) atoms. The summed E-state index contributed by atoms with van der Waals surface area (Å²) in [5.74, 6) is 0.386. The largest absolute Gasteiger partial charge is 0.484 e. The number of hydrogen-bond acceptors (Lipinski definition) is 4. The average Bonchev–Trinajstić information content (AvgIpc) is 3.39. The highest BCUT2D eigenvalue weighted by Crippen LogP contribution is 2.20. The van der Waals surface area contributed by atoms with Crippen LogP contribution in [0.4, 0.5) is 5.69 Å². The fraction of sp³-hybridized carbons (Fsp3) is 0.333. The molecule has 0 radical (unpaired) electrons. The minimum Gasteiger partial charge on any atom is -0.484 e. The van der Waals surface area contributed by atoms with Gasteiger partial charge in [0.25, 0.3) is 5.91 Å². The molecule has 0 saturated heterocycles. The first kappa shape index (κ1) is 28.7. The van der Waals surface area contributed by atoms with Crippen molar-refractivity contribution in [2.75, 3.05) is 45.2 Å². The molecule has 0 fully saturated rings. The van der Waals surface area contributed by atoms with Crippen LogP contribution in [0.25, 0.3) is 10.9 Å². The zero-order valence-corrected chi connectivity index (χ0v) is 23.8. The second kappa shape index (κ2) is 14.2. The molecule has 0 unspecified atom stereocenters. The van der Waals surface area contributed by atoms with Crippen molar-refractivity contribution >= 4 is 28.4 Å². The molecule has 0 aliphatic heterocycles. The maximum absolute atomic E-state index is 13.8. The summed E-state index contributed by atoms with van der Waals surface area (Å²) < 4.78 is 5.71. The third-order valence-corrected chi connectivity index (χ3v) is 7.07. The van der Waals surface area contributed by atoms with Crippen molar-refractivity contribution < 1.29 is 14.3 Å². The highest BCUT2D eigenvalue weighted by atomic mass is 16.5. The lowest BCUT2D eigenvalue weighted by atomic mass is 10.1. The molecule has 210 valence electrons. The van der Waals surface area contributed by atoms with Crippen molar-refractivity contribution in [2.24, 2.45) is 0 Å². The van der Waals surface area contributed by atoms with Gasteiger partial charge in [0, 0.05) is 56.5 Å². The lowest BCUT2D eigenvalue weighted by Gasteiger charge is -2.28. The van der Waals surface area contributed by atoms with Crippen molar-refractivity contribution in [1.29, 1.82) is 0 Å². The molecule has 3 aromatic carbocycles. The predicted molar refractivity (Wildman–Crippen MR) is 162 cm³/mol. The van der Waals surface area contributed by atoms with Gasteiger partial charge in [-0.15, -0.1) is 0 Å². The van der Waals surface area contributed by atoms with E-state index in [-0.39, 0.29) is 25.0 Å². The van der Waals surface area contributed by atoms with Gasteiger partial charge in [0.05, 0.1) is 6.54 Å². The van der Waals surface area contributed by atoms with Crippen LogP contribution in [0.1, 0.15) is 30.9 Å². The highest BCUT2D eigenvalue weighted by Gasteiger charge is 2.22. The van der Waals surface area contributed by atoms with E-state index in [1.165, 1.54) is 10.9 Å². The summed E-state index contributed by atoms with van der Waals surface area (Å²) >= 11 is 0. The second-order valence-electron chi connectivity index (χ2n) is 10.3. The Hall–Kier alpha value is -4.26. The summed E-state index contributed by atoms with van der Waals surface area (Å²) in [5.41, 5.74) is 4.42. The summed E-state index contributed by atoms with van der Waals surface area (Å²) in [4.78, 5) is 35.8. The van der Waals surface area contributed by atoms with Crippen LogP contribution in [-0.4, -0.2) is 66.9 Å². The van der Waals surface area contributed by atoms with Crippen LogP contribution < -0.4 is 9.64 Å². The molecule has 0 atom stereocenters. The first-order chi connectivity index (χ1) is 19.4. The van der Waals surface area contributed by atoms with E-state index in [1.807, 2.05) is 67.7 Å². The van der Waals surface area contributed by atoms with Gasteiger partial charge in [0.15, 0.2) is 6.61 Å². The molecule has 1 aromatic heterocycles. The van der Waals surface area contributed by atoms with E-state index in [1.54, 1.807) is 4.90 Å². The number of nitrogens with zero attached hydrogens (tertiary/aromatic N) is 3. The van der Waals surface area contributed by atoms with Crippen LogP contribution in [0.2, 0.25) is 0 Å². The maximum atomic E-state index is 13.8. The number of amides is 2. The van der Waals surface area contributed by atoms with Crippen LogP contribution in [0, 0.1) is 0 Å². The van der Waals surface area contributed by atoms with E-state index in [0.717, 1.165) is 29.6 Å². The fourth-order valence-corrected chi connectivity index (χ4v) is 4.66. The number of carbonyl (C=O) groups is 2. The van der Waals surface area contributed by atoms with Crippen molar-refractivity contribution in [2.45, 2.75) is 32.7 Å². The molecule has 4 rings (SSSR count). The Morgan fingerprint density at radius 1 is 0.825 bits per heavy atom. The second-order valence-corrected chi connectivity index (χ2v) is 10.3. The van der Waals surface area contributed by atoms with Crippen LogP contribution in [0.3, 0.4) is 0 Å². The topological polar surface area (TPSA) is 68.9 Å². The smallest absolute Gasteiger partial charge is 0.260 e. The number of ether oxygens (including phenoxy) is 1. The number of fused-ring (bicyclic) bond motifs is 1. The molecule has 0 aliphatic rings. The van der Waals surface area contributed by atoms with Gasteiger partial charge in [-0.2, -0.15) is 0 Å². The third-order valence-electron chi connectivity index (χ3n) is 7.07. The average molecular weight is 541 g/mol. The van der Waals surface area contributed by atoms with E-state index >= 15 is 0 Å². The maximum Gasteiger partial charge on any atom is 0.260 e. The quantitative estimate of drug-likeness (QED) is 0.229. The number of hydrogen-bond donors (Lipinski definition) is 1. The minimum absolute atomic E-state index is 0.0284. The Labute approximate surface area is 237 Å². The van der Waals surface area contributed by atoms with Crippen LogP contribution in [0.5, 0.6) is 5.75 Å². The summed E-state index contributed by atoms with van der Waals surface area (Å²) in [6.07, 6.45) is 4.49. The molecule has 7 nitrogen and oxygen atoms in total. The zero-order chi connectivity index (χ0) is 28.3. The minimum atomic E-state index is -0.183. The van der Waals surface area contributed by atoms with Gasteiger partial charge in [-0.1, -0.05) is 61.9 Å². The number of unbranched alkanes of at least 4 members (excludes halogenated alkanes) is 1. The Morgan fingerprint density at radius 2 is 1.55 bits per heavy atom. The van der Waals surface area contributed by atoms with E-state index in [0.29, 0.717) is 31.8 Å². The molecule has 0 bridgehead atoms. The SMILES string of the molecule is CCCCN(CC(=O)N(CCc1c[nH]c2ccccc12)Cc1ccc(N(C)C)cc1)C(=O)COc1ccccc1. The van der Waals surface area contributed by atoms with E-state index in [2.05, 4.69) is 53.2 Å². The van der Waals surface area contributed by atoms with E-state index in [4.69, 9.17) is 4.74 Å². The van der Waals surface area contributed by atoms with Crippen LogP contribution in [-0.2, 0) is 22.6 Å². The van der Waals surface area contributed by atoms with Gasteiger partial charge in [-0.25, -0.2) is 0 Å². The monoisotopic (exact) mass is 540 g/mol. The first-order valence-electron chi connectivity index (χ1n) is 14.0. The van der Waals surface area contributed by atoms with Crippen molar-refractivity contribution in [3.05, 3.63) is 96.2 Å². The van der Waals surface area contributed by atoms with Crippen LogP contribution in [0.15, 0.2) is 85.1 Å². The summed E-state index contributed by atoms with van der Waals surface area (Å²) in [5, 5.41) is 1.17. The van der Waals surface area contributed by atoms with Gasteiger partial charge in [-0.3, -0.25) is 9.59 Å². The Bertz CT molecular complexity index is 1370. The number of aromatic nitrogens is 1. The Morgan fingerprint density at radius 3 is 2.27 bits per heavy atom. The van der Waals surface area contributed by atoms with Crippen molar-refractivity contribution in [3.63, 3.8) is 0 Å². The van der Waals surface area contributed by atoms with Crippen LogP contribution >= 0.6 is 0 Å². The third kappa shape index (κ3) is 7.88. The van der Waals surface area contributed by atoms with E-state index < -0.39 is 0 Å². The summed E-state index contributed by atoms with van der Waals surface area (Å²) in [7, 11) is 4.02.